The summed E-state index contributed by atoms with van der Waals surface area (Å²) in [6, 6.07) is 25.1. The third-order valence-corrected chi connectivity index (χ3v) is 8.50. The van der Waals surface area contributed by atoms with Crippen LogP contribution < -0.4 is 15.6 Å². The number of aliphatic hydroxyl groups excluding tert-OH is 1. The number of nitrogens with zero attached hydrogens (tertiary/aromatic N) is 1. The quantitative estimate of drug-likeness (QED) is 0.203. The average molecular weight is 566 g/mol. The molecule has 0 saturated heterocycles. The van der Waals surface area contributed by atoms with E-state index < -0.39 is 27.4 Å². The number of sulfone groups is 1. The van der Waals surface area contributed by atoms with Crippen molar-refractivity contribution in [2.24, 2.45) is 4.99 Å². The van der Waals surface area contributed by atoms with E-state index in [1.54, 1.807) is 61.5 Å². The molecule has 1 amide bonds. The lowest BCUT2D eigenvalue weighted by molar-refractivity contribution is -0.129. The monoisotopic (exact) mass is 565 g/mol. The van der Waals surface area contributed by atoms with Crippen LogP contribution in [0.1, 0.15) is 30.9 Å². The topological polar surface area (TPSA) is 126 Å². The molecule has 1 aliphatic rings. The van der Waals surface area contributed by atoms with Gasteiger partial charge in [-0.05, 0) is 61.7 Å². The number of nitrogens with one attached hydrogen (secondary N) is 2. The predicted octanol–water partition coefficient (Wildman–Crippen LogP) is 3.08. The van der Waals surface area contributed by atoms with E-state index in [0.29, 0.717) is 37.3 Å². The highest BCUT2D eigenvalue weighted by Gasteiger charge is 2.50. The van der Waals surface area contributed by atoms with Crippen molar-refractivity contribution < 1.29 is 27.8 Å². The number of hydrazine groups is 1. The summed E-state index contributed by atoms with van der Waals surface area (Å²) in [7, 11) is -3.66. The van der Waals surface area contributed by atoms with Crippen LogP contribution in [-0.4, -0.2) is 62.5 Å². The van der Waals surface area contributed by atoms with E-state index in [1.165, 1.54) is 0 Å². The number of carbonyl (C=O) groups excluding carboxylic acids is 1. The third kappa shape index (κ3) is 7.26. The molecule has 9 nitrogen and oxygen atoms in total. The maximum absolute atomic E-state index is 13.6. The molecule has 3 N–H and O–H groups in total. The Morgan fingerprint density at radius 3 is 2.38 bits per heavy atom. The van der Waals surface area contributed by atoms with Gasteiger partial charge in [-0.15, -0.1) is 0 Å². The summed E-state index contributed by atoms with van der Waals surface area (Å²) in [4.78, 5) is 18.5. The van der Waals surface area contributed by atoms with Gasteiger partial charge in [0.2, 0.25) is 5.90 Å². The Balaban J connectivity index is 1.52. The zero-order valence-electron chi connectivity index (χ0n) is 22.5. The Bertz CT molecular complexity index is 1380. The van der Waals surface area contributed by atoms with Crippen molar-refractivity contribution in [2.45, 2.75) is 42.7 Å². The first-order valence-electron chi connectivity index (χ1n) is 13.3. The molecule has 1 aliphatic heterocycles. The van der Waals surface area contributed by atoms with Crippen LogP contribution in [0.5, 0.6) is 5.75 Å². The lowest BCUT2D eigenvalue weighted by Gasteiger charge is -2.28. The summed E-state index contributed by atoms with van der Waals surface area (Å²) in [5.41, 5.74) is 6.00. The van der Waals surface area contributed by atoms with Crippen LogP contribution in [0.2, 0.25) is 0 Å². The standard InChI is InChI=1S/C30H35N3O6S/c1-23-30(18-22-40(36,37)27-11-6-3-7-12-27,29(35)33-31-19-17-24-9-4-2-5-10-24)32-28(39-23)25-13-15-26(16-14-25)38-21-8-20-34/h2-7,9-16,23,31,34H,8,17-22H2,1H3,(H,33,35)/t23-,30-/m0/s1. The fourth-order valence-corrected chi connectivity index (χ4v) is 5.78. The molecule has 40 heavy (non-hydrogen) atoms. The summed E-state index contributed by atoms with van der Waals surface area (Å²) in [6.45, 7) is 2.64. The van der Waals surface area contributed by atoms with E-state index >= 15 is 0 Å². The Morgan fingerprint density at radius 1 is 1.02 bits per heavy atom. The van der Waals surface area contributed by atoms with E-state index in [9.17, 15) is 13.2 Å². The summed E-state index contributed by atoms with van der Waals surface area (Å²) in [5, 5.41) is 8.94. The van der Waals surface area contributed by atoms with Crippen LogP contribution in [0, 0.1) is 0 Å². The zero-order chi connectivity index (χ0) is 28.4. The van der Waals surface area contributed by atoms with Gasteiger partial charge in [0.1, 0.15) is 11.9 Å². The van der Waals surface area contributed by atoms with E-state index in [4.69, 9.17) is 19.6 Å². The molecule has 10 heteroatoms. The van der Waals surface area contributed by atoms with Crippen LogP contribution in [0.15, 0.2) is 94.8 Å². The number of amides is 1. The van der Waals surface area contributed by atoms with Crippen LogP contribution in [0.25, 0.3) is 0 Å². The lowest BCUT2D eigenvalue weighted by atomic mass is 9.90. The minimum absolute atomic E-state index is 0.0475. The van der Waals surface area contributed by atoms with Gasteiger partial charge in [0.25, 0.3) is 5.91 Å². The number of rotatable bonds is 14. The van der Waals surface area contributed by atoms with Crippen LogP contribution >= 0.6 is 0 Å². The minimum Gasteiger partial charge on any atom is -0.494 e. The fourth-order valence-electron chi connectivity index (χ4n) is 4.39. The SMILES string of the molecule is C[C@@H]1OC(c2ccc(OCCCO)cc2)=N[C@]1(CCS(=O)(=O)c1ccccc1)C(=O)NNCCc1ccccc1. The zero-order valence-corrected chi connectivity index (χ0v) is 23.3. The van der Waals surface area contributed by atoms with E-state index in [1.807, 2.05) is 30.3 Å². The first-order valence-corrected chi connectivity index (χ1v) is 14.9. The second-order valence-corrected chi connectivity index (χ2v) is 11.7. The molecule has 0 aliphatic carbocycles. The van der Waals surface area contributed by atoms with Gasteiger partial charge < -0.3 is 14.6 Å². The molecule has 0 aromatic heterocycles. The molecular formula is C30H35N3O6S. The fraction of sp³-hybridized carbons (Fsp3) is 0.333. The average Bonchev–Trinajstić information content (AvgIpc) is 3.33. The van der Waals surface area contributed by atoms with Crippen molar-refractivity contribution >= 4 is 21.6 Å². The highest BCUT2D eigenvalue weighted by atomic mass is 32.2. The van der Waals surface area contributed by atoms with E-state index in [2.05, 4.69) is 10.9 Å². The number of hydrogen-bond donors (Lipinski definition) is 3. The van der Waals surface area contributed by atoms with Gasteiger partial charge >= 0.3 is 0 Å². The van der Waals surface area contributed by atoms with Gasteiger partial charge in [0, 0.05) is 25.1 Å². The largest absolute Gasteiger partial charge is 0.494 e. The van der Waals surface area contributed by atoms with Crippen LogP contribution in [-0.2, 0) is 25.8 Å². The Kier molecular flexibility index (Phi) is 9.92. The van der Waals surface area contributed by atoms with E-state index in [0.717, 1.165) is 5.56 Å². The Morgan fingerprint density at radius 2 is 1.70 bits per heavy atom. The maximum atomic E-state index is 13.6. The number of carbonyl (C=O) groups is 1. The second kappa shape index (κ2) is 13.6. The van der Waals surface area contributed by atoms with Crippen molar-refractivity contribution in [3.8, 4) is 5.75 Å². The normalized spacial score (nSPS) is 18.6. The Hall–Kier alpha value is -3.73. The van der Waals surface area contributed by atoms with Gasteiger partial charge in [0.15, 0.2) is 15.4 Å². The number of aliphatic hydroxyl groups is 1. The number of aliphatic imine (C=N–C) groups is 1. The molecule has 0 unspecified atom stereocenters. The van der Waals surface area contributed by atoms with Gasteiger partial charge in [-0.3, -0.25) is 10.2 Å². The van der Waals surface area contributed by atoms with Gasteiger partial charge in [-0.25, -0.2) is 18.8 Å². The molecule has 0 saturated carbocycles. The molecule has 4 rings (SSSR count). The minimum atomic E-state index is -3.66. The smallest absolute Gasteiger partial charge is 0.266 e. The van der Waals surface area contributed by atoms with Crippen molar-refractivity contribution in [1.82, 2.24) is 10.9 Å². The molecular weight excluding hydrogens is 530 g/mol. The number of ether oxygens (including phenoxy) is 2. The molecule has 0 radical (unpaired) electrons. The first-order chi connectivity index (χ1) is 19.3. The van der Waals surface area contributed by atoms with E-state index in [-0.39, 0.29) is 29.6 Å². The second-order valence-electron chi connectivity index (χ2n) is 9.55. The molecule has 3 aromatic rings. The van der Waals surface area contributed by atoms with Crippen LogP contribution in [0.3, 0.4) is 0 Å². The first kappa shape index (κ1) is 29.3. The van der Waals surface area contributed by atoms with Gasteiger partial charge in [-0.2, -0.15) is 0 Å². The molecule has 2 atom stereocenters. The predicted molar refractivity (Wildman–Crippen MR) is 153 cm³/mol. The maximum Gasteiger partial charge on any atom is 0.266 e. The molecule has 0 fully saturated rings. The third-order valence-electron chi connectivity index (χ3n) is 6.77. The van der Waals surface area contributed by atoms with Crippen molar-refractivity contribution in [3.63, 3.8) is 0 Å². The van der Waals surface area contributed by atoms with Gasteiger partial charge in [0.05, 0.1) is 17.3 Å². The van der Waals surface area contributed by atoms with Crippen LogP contribution in [0.4, 0.5) is 0 Å². The highest BCUT2D eigenvalue weighted by molar-refractivity contribution is 7.91. The summed E-state index contributed by atoms with van der Waals surface area (Å²) in [6.07, 6.45) is 0.440. The summed E-state index contributed by atoms with van der Waals surface area (Å²) >= 11 is 0. The molecule has 0 bridgehead atoms. The Labute approximate surface area is 235 Å². The summed E-state index contributed by atoms with van der Waals surface area (Å²) in [5.74, 6) is 0.141. The molecule has 1 heterocycles. The summed E-state index contributed by atoms with van der Waals surface area (Å²) < 4.78 is 37.9. The highest BCUT2D eigenvalue weighted by Crippen LogP contribution is 2.33. The molecule has 212 valence electrons. The number of benzene rings is 3. The lowest BCUT2D eigenvalue weighted by Crippen LogP contribution is -2.55. The molecule has 3 aromatic carbocycles. The van der Waals surface area contributed by atoms with Crippen molar-refractivity contribution in [2.75, 3.05) is 25.5 Å². The van der Waals surface area contributed by atoms with Crippen molar-refractivity contribution in [3.05, 3.63) is 96.1 Å². The molecule has 0 spiro atoms. The van der Waals surface area contributed by atoms with Crippen molar-refractivity contribution in [1.29, 1.82) is 0 Å². The van der Waals surface area contributed by atoms with Gasteiger partial charge in [-0.1, -0.05) is 48.5 Å². The number of hydrogen-bond acceptors (Lipinski definition) is 8.